The number of nitrogens with zero attached hydrogens (tertiary/aromatic N) is 2. The number of rotatable bonds is 5. The average molecular weight is 359 g/mol. The molecule has 6 nitrogen and oxygen atoms in total. The lowest BCUT2D eigenvalue weighted by Gasteiger charge is -2.42. The van der Waals surface area contributed by atoms with Gasteiger partial charge in [0.05, 0.1) is 25.8 Å². The fraction of sp³-hybridized carbons (Fsp3) is 0.600. The first-order chi connectivity index (χ1) is 12.6. The second-order valence-corrected chi connectivity index (χ2v) is 7.18. The molecule has 3 rings (SSSR count). The van der Waals surface area contributed by atoms with Gasteiger partial charge in [-0.15, -0.1) is 0 Å². The van der Waals surface area contributed by atoms with Crippen LogP contribution in [0.15, 0.2) is 30.3 Å². The number of benzene rings is 1. The highest BCUT2D eigenvalue weighted by molar-refractivity contribution is 5.79. The molecule has 26 heavy (non-hydrogen) atoms. The summed E-state index contributed by atoms with van der Waals surface area (Å²) in [5, 5.41) is 3.07. The van der Waals surface area contributed by atoms with Crippen molar-refractivity contribution in [3.63, 3.8) is 0 Å². The molecule has 2 saturated heterocycles. The van der Waals surface area contributed by atoms with Crippen LogP contribution >= 0.6 is 0 Å². The first kappa shape index (κ1) is 18.9. The lowest BCUT2D eigenvalue weighted by molar-refractivity contribution is -0.139. The summed E-state index contributed by atoms with van der Waals surface area (Å²) in [5.74, 6) is 0.124. The van der Waals surface area contributed by atoms with E-state index < -0.39 is 0 Å². The first-order valence-corrected chi connectivity index (χ1v) is 9.54. The molecule has 142 valence electrons. The molecular formula is C20H29N3O3. The van der Waals surface area contributed by atoms with Crippen LogP contribution in [0.4, 0.5) is 0 Å². The molecule has 0 aromatic heterocycles. The summed E-state index contributed by atoms with van der Waals surface area (Å²) in [6.07, 6.45) is 2.60. The molecule has 0 aliphatic carbocycles. The number of amides is 2. The Morgan fingerprint density at radius 2 is 1.88 bits per heavy atom. The van der Waals surface area contributed by atoms with E-state index in [1.165, 1.54) is 5.56 Å². The van der Waals surface area contributed by atoms with Crippen LogP contribution < -0.4 is 5.32 Å². The van der Waals surface area contributed by atoms with Crippen LogP contribution in [0.2, 0.25) is 0 Å². The smallest absolute Gasteiger partial charge is 0.237 e. The van der Waals surface area contributed by atoms with E-state index in [0.717, 1.165) is 38.9 Å². The van der Waals surface area contributed by atoms with Crippen LogP contribution in [0.25, 0.3) is 0 Å². The molecule has 2 aliphatic rings. The van der Waals surface area contributed by atoms with E-state index in [4.69, 9.17) is 4.74 Å². The Balaban J connectivity index is 1.73. The average Bonchev–Trinajstić information content (AvgIpc) is 2.64. The van der Waals surface area contributed by atoms with Crippen molar-refractivity contribution >= 4 is 11.8 Å². The Bertz CT molecular complexity index is 602. The number of hydrogen-bond acceptors (Lipinski definition) is 4. The normalized spacial score (nSPS) is 24.3. The predicted molar refractivity (Wildman–Crippen MR) is 99.7 cm³/mol. The Morgan fingerprint density at radius 1 is 1.15 bits per heavy atom. The summed E-state index contributed by atoms with van der Waals surface area (Å²) in [6.45, 7) is 5.73. The number of hydrogen-bond donors (Lipinski definition) is 1. The van der Waals surface area contributed by atoms with Gasteiger partial charge in [-0.1, -0.05) is 30.3 Å². The van der Waals surface area contributed by atoms with Gasteiger partial charge in [0.1, 0.15) is 0 Å². The summed E-state index contributed by atoms with van der Waals surface area (Å²) in [6, 6.07) is 10.2. The highest BCUT2D eigenvalue weighted by Gasteiger charge is 2.35. The molecule has 0 spiro atoms. The number of ether oxygens (including phenoxy) is 1. The molecule has 0 radical (unpaired) electrons. The van der Waals surface area contributed by atoms with Gasteiger partial charge in [-0.2, -0.15) is 0 Å². The van der Waals surface area contributed by atoms with E-state index in [2.05, 4.69) is 22.3 Å². The van der Waals surface area contributed by atoms with Gasteiger partial charge >= 0.3 is 0 Å². The van der Waals surface area contributed by atoms with Crippen molar-refractivity contribution in [2.24, 2.45) is 0 Å². The van der Waals surface area contributed by atoms with Crippen LogP contribution in [-0.4, -0.2) is 73.1 Å². The van der Waals surface area contributed by atoms with E-state index >= 15 is 0 Å². The molecule has 2 heterocycles. The Morgan fingerprint density at radius 3 is 2.58 bits per heavy atom. The van der Waals surface area contributed by atoms with Crippen molar-refractivity contribution in [2.75, 3.05) is 39.4 Å². The third-order valence-corrected chi connectivity index (χ3v) is 5.24. The quantitative estimate of drug-likeness (QED) is 0.854. The van der Waals surface area contributed by atoms with Crippen molar-refractivity contribution in [1.82, 2.24) is 15.1 Å². The first-order valence-electron chi connectivity index (χ1n) is 9.54. The standard InChI is InChI=1S/C20H29N3O3/c1-16(24)21-18-8-5-9-23(19(18)14-17-6-3-2-4-7-17)20(25)15-22-10-12-26-13-11-22/h2-4,6-7,18-19H,5,8-15H2,1H3,(H,21,24)/t18-,19-/m0/s1. The van der Waals surface area contributed by atoms with Crippen LogP contribution in [0.5, 0.6) is 0 Å². The third kappa shape index (κ3) is 5.05. The molecule has 2 fully saturated rings. The lowest BCUT2D eigenvalue weighted by atomic mass is 9.90. The second-order valence-electron chi connectivity index (χ2n) is 7.18. The van der Waals surface area contributed by atoms with Crippen LogP contribution in [0.1, 0.15) is 25.3 Å². The molecule has 1 aromatic carbocycles. The van der Waals surface area contributed by atoms with Crippen LogP contribution in [0, 0.1) is 0 Å². The Kier molecular flexibility index (Phi) is 6.63. The maximum atomic E-state index is 13.0. The topological polar surface area (TPSA) is 61.9 Å². The van der Waals surface area contributed by atoms with Gasteiger partial charge in [0.25, 0.3) is 0 Å². The number of morpholine rings is 1. The minimum Gasteiger partial charge on any atom is -0.379 e. The molecule has 2 amide bonds. The number of nitrogens with one attached hydrogen (secondary N) is 1. The largest absolute Gasteiger partial charge is 0.379 e. The number of piperidine rings is 1. The SMILES string of the molecule is CC(=O)N[C@H]1CCCN(C(=O)CN2CCOCC2)[C@H]1Cc1ccccc1. The summed E-state index contributed by atoms with van der Waals surface area (Å²) < 4.78 is 5.37. The van der Waals surface area contributed by atoms with Crippen molar-refractivity contribution < 1.29 is 14.3 Å². The monoisotopic (exact) mass is 359 g/mol. The number of carbonyl (C=O) groups is 2. The fourth-order valence-electron chi connectivity index (χ4n) is 3.95. The molecular weight excluding hydrogens is 330 g/mol. The number of likely N-dealkylation sites (tertiary alicyclic amines) is 1. The van der Waals surface area contributed by atoms with Gasteiger partial charge in [0.2, 0.25) is 11.8 Å². The molecule has 0 bridgehead atoms. The minimum atomic E-state index is -0.0319. The van der Waals surface area contributed by atoms with Crippen LogP contribution in [0.3, 0.4) is 0 Å². The molecule has 0 unspecified atom stereocenters. The van der Waals surface area contributed by atoms with Gasteiger partial charge in [-0.25, -0.2) is 0 Å². The highest BCUT2D eigenvalue weighted by Crippen LogP contribution is 2.22. The van der Waals surface area contributed by atoms with Crippen molar-refractivity contribution in [1.29, 1.82) is 0 Å². The molecule has 2 aliphatic heterocycles. The summed E-state index contributed by atoms with van der Waals surface area (Å²) in [7, 11) is 0. The van der Waals surface area contributed by atoms with E-state index in [0.29, 0.717) is 19.8 Å². The van der Waals surface area contributed by atoms with E-state index in [9.17, 15) is 9.59 Å². The third-order valence-electron chi connectivity index (χ3n) is 5.24. The lowest BCUT2D eigenvalue weighted by Crippen LogP contribution is -2.59. The van der Waals surface area contributed by atoms with Gasteiger partial charge in [-0.3, -0.25) is 14.5 Å². The molecule has 1 aromatic rings. The second kappa shape index (κ2) is 9.14. The Hall–Kier alpha value is -1.92. The minimum absolute atomic E-state index is 0.00332. The van der Waals surface area contributed by atoms with E-state index in [1.807, 2.05) is 23.1 Å². The zero-order valence-corrected chi connectivity index (χ0v) is 15.5. The van der Waals surface area contributed by atoms with E-state index in [-0.39, 0.29) is 23.9 Å². The van der Waals surface area contributed by atoms with Gasteiger partial charge in [-0.05, 0) is 24.8 Å². The summed E-state index contributed by atoms with van der Waals surface area (Å²) in [4.78, 5) is 28.8. The molecule has 6 heteroatoms. The van der Waals surface area contributed by atoms with Crippen molar-refractivity contribution in [3.05, 3.63) is 35.9 Å². The van der Waals surface area contributed by atoms with Crippen molar-refractivity contribution in [2.45, 2.75) is 38.3 Å². The Labute approximate surface area is 155 Å². The maximum Gasteiger partial charge on any atom is 0.237 e. The van der Waals surface area contributed by atoms with Gasteiger partial charge in [0.15, 0.2) is 0 Å². The molecule has 2 atom stereocenters. The molecule has 0 saturated carbocycles. The zero-order chi connectivity index (χ0) is 18.4. The molecule has 1 N–H and O–H groups in total. The van der Waals surface area contributed by atoms with Gasteiger partial charge in [0, 0.05) is 32.6 Å². The maximum absolute atomic E-state index is 13.0. The summed E-state index contributed by atoms with van der Waals surface area (Å²) in [5.41, 5.74) is 1.19. The highest BCUT2D eigenvalue weighted by atomic mass is 16.5. The fourth-order valence-corrected chi connectivity index (χ4v) is 3.95. The summed E-state index contributed by atoms with van der Waals surface area (Å²) >= 11 is 0. The van der Waals surface area contributed by atoms with Crippen LogP contribution in [-0.2, 0) is 20.7 Å². The van der Waals surface area contributed by atoms with Gasteiger partial charge < -0.3 is 15.0 Å². The van der Waals surface area contributed by atoms with Crippen molar-refractivity contribution in [3.8, 4) is 0 Å². The predicted octanol–water partition coefficient (Wildman–Crippen LogP) is 1.06. The number of carbonyl (C=O) groups excluding carboxylic acids is 2. The van der Waals surface area contributed by atoms with E-state index in [1.54, 1.807) is 6.92 Å². The zero-order valence-electron chi connectivity index (χ0n) is 15.5.